The van der Waals surface area contributed by atoms with Crippen LogP contribution >= 0.6 is 0 Å². The summed E-state index contributed by atoms with van der Waals surface area (Å²) < 4.78 is 10.4. The van der Waals surface area contributed by atoms with E-state index in [1.807, 2.05) is 56.3 Å². The van der Waals surface area contributed by atoms with E-state index in [0.717, 1.165) is 76.0 Å². The van der Waals surface area contributed by atoms with E-state index in [1.165, 1.54) is 18.4 Å². The normalized spacial score (nSPS) is 15.2. The molecule has 39 heavy (non-hydrogen) atoms. The molecule has 1 atom stereocenters. The van der Waals surface area contributed by atoms with Crippen LogP contribution in [0.3, 0.4) is 0 Å². The second-order valence-corrected chi connectivity index (χ2v) is 9.33. The van der Waals surface area contributed by atoms with Gasteiger partial charge in [-0.05, 0) is 69.7 Å². The van der Waals surface area contributed by atoms with Gasteiger partial charge >= 0.3 is 5.97 Å². The summed E-state index contributed by atoms with van der Waals surface area (Å²) in [7, 11) is 0. The molecule has 0 radical (unpaired) electrons. The summed E-state index contributed by atoms with van der Waals surface area (Å²) in [5, 5.41) is 3.18. The molecule has 1 aliphatic heterocycles. The van der Waals surface area contributed by atoms with Crippen molar-refractivity contribution in [2.45, 2.75) is 119 Å². The highest BCUT2D eigenvalue weighted by Crippen LogP contribution is 2.10. The minimum atomic E-state index is -0.122. The van der Waals surface area contributed by atoms with Gasteiger partial charge in [0.25, 0.3) is 0 Å². The van der Waals surface area contributed by atoms with Crippen LogP contribution in [0.1, 0.15) is 112 Å². The molecule has 1 fully saturated rings. The molecule has 1 aromatic rings. The van der Waals surface area contributed by atoms with E-state index in [9.17, 15) is 4.79 Å². The molecule has 0 amide bonds. The van der Waals surface area contributed by atoms with E-state index in [2.05, 4.69) is 52.1 Å². The van der Waals surface area contributed by atoms with Gasteiger partial charge in [-0.15, -0.1) is 0 Å². The molecular weight excluding hydrogens is 484 g/mol. The topological polar surface area (TPSA) is 73.6 Å². The quantitative estimate of drug-likeness (QED) is 0.148. The number of benzene rings is 1. The van der Waals surface area contributed by atoms with E-state index >= 15 is 0 Å². The van der Waals surface area contributed by atoms with Gasteiger partial charge in [-0.3, -0.25) is 4.79 Å². The molecule has 1 heterocycles. The summed E-state index contributed by atoms with van der Waals surface area (Å²) in [6.45, 7) is 17.9. The number of rotatable bonds is 13. The number of piperidine rings is 1. The van der Waals surface area contributed by atoms with E-state index in [0.29, 0.717) is 6.61 Å². The van der Waals surface area contributed by atoms with E-state index < -0.39 is 0 Å². The van der Waals surface area contributed by atoms with E-state index in [-0.39, 0.29) is 12.0 Å². The van der Waals surface area contributed by atoms with Crippen LogP contribution in [0.5, 0.6) is 0 Å². The summed E-state index contributed by atoms with van der Waals surface area (Å²) in [6.07, 6.45) is 18.3. The predicted octanol–water partition coefficient (Wildman–Crippen LogP) is 8.65. The van der Waals surface area contributed by atoms with Gasteiger partial charge in [-0.1, -0.05) is 109 Å². The van der Waals surface area contributed by atoms with Crippen molar-refractivity contribution in [3.63, 3.8) is 0 Å². The molecular formula is C34H60N2O3. The maximum absolute atomic E-state index is 11.7. The summed E-state index contributed by atoms with van der Waals surface area (Å²) in [6, 6.07) is 9.67. The van der Waals surface area contributed by atoms with Crippen LogP contribution in [0.15, 0.2) is 65.9 Å². The lowest BCUT2D eigenvalue weighted by atomic mass is 10.1. The number of hydrogen-bond acceptors (Lipinski definition) is 5. The highest BCUT2D eigenvalue weighted by atomic mass is 16.5. The molecule has 5 nitrogen and oxygen atoms in total. The fourth-order valence-electron chi connectivity index (χ4n) is 3.43. The molecule has 1 aliphatic rings. The average molecular weight is 545 g/mol. The summed E-state index contributed by atoms with van der Waals surface area (Å²) in [5.74, 6) is -0.122. The first-order valence-corrected chi connectivity index (χ1v) is 15.3. The molecule has 0 saturated carbocycles. The number of allylic oxidation sites excluding steroid dienone is 5. The Hall–Kier alpha value is -2.37. The molecule has 0 spiro atoms. The lowest BCUT2D eigenvalue weighted by Crippen LogP contribution is -2.41. The molecule has 0 aliphatic carbocycles. The number of unbranched alkanes of at least 4 members (excludes halogenated alkanes) is 1. The van der Waals surface area contributed by atoms with Crippen LogP contribution in [0.25, 0.3) is 0 Å². The third-order valence-corrected chi connectivity index (χ3v) is 5.49. The molecule has 1 saturated heterocycles. The third kappa shape index (κ3) is 25.7. The minimum Gasteiger partial charge on any atom is -0.460 e. The minimum absolute atomic E-state index is 0.0996. The number of nitrogens with two attached hydrogens (primary N) is 1. The Morgan fingerprint density at radius 2 is 1.64 bits per heavy atom. The fraction of sp³-hybridized carbons (Fsp3) is 0.618. The van der Waals surface area contributed by atoms with Crippen LogP contribution in [-0.4, -0.2) is 31.8 Å². The van der Waals surface area contributed by atoms with Crippen LogP contribution in [0, 0.1) is 0 Å². The lowest BCUT2D eigenvalue weighted by Gasteiger charge is -2.21. The van der Waals surface area contributed by atoms with Gasteiger partial charge in [-0.2, -0.15) is 0 Å². The first-order valence-electron chi connectivity index (χ1n) is 15.3. The van der Waals surface area contributed by atoms with Crippen LogP contribution in [-0.2, 0) is 20.9 Å². The summed E-state index contributed by atoms with van der Waals surface area (Å²) >= 11 is 0. The zero-order valence-corrected chi connectivity index (χ0v) is 26.3. The molecule has 0 bridgehead atoms. The number of carbonyl (C=O) groups excluding carboxylic acids is 1. The van der Waals surface area contributed by atoms with Crippen molar-refractivity contribution in [2.24, 2.45) is 5.73 Å². The maximum Gasteiger partial charge on any atom is 0.323 e. The van der Waals surface area contributed by atoms with Gasteiger partial charge in [0.1, 0.15) is 12.6 Å². The smallest absolute Gasteiger partial charge is 0.323 e. The van der Waals surface area contributed by atoms with Gasteiger partial charge in [-0.25, -0.2) is 0 Å². The molecule has 1 aromatic carbocycles. The molecule has 1 unspecified atom stereocenters. The number of esters is 1. The van der Waals surface area contributed by atoms with Crippen LogP contribution in [0.4, 0.5) is 0 Å². The van der Waals surface area contributed by atoms with E-state index in [4.69, 9.17) is 15.2 Å². The highest BCUT2D eigenvalue weighted by Gasteiger charge is 2.21. The summed E-state index contributed by atoms with van der Waals surface area (Å²) in [4.78, 5) is 11.7. The number of carbonyl (C=O) groups is 1. The first-order chi connectivity index (χ1) is 19.0. The van der Waals surface area contributed by atoms with Crippen molar-refractivity contribution in [1.29, 1.82) is 0 Å². The van der Waals surface area contributed by atoms with Crippen molar-refractivity contribution in [2.75, 3.05) is 19.8 Å². The van der Waals surface area contributed by atoms with Crippen molar-refractivity contribution in [3.8, 4) is 0 Å². The standard InChI is InChI=1S/C13H17NO2.C13H23N.C6H14O.C2H6/c15-13(12-8-4-5-9-14-12)16-10-11-6-2-1-3-7-11;1-4-6-7-9-13(14)11-10-12(3)8-5-2;1-3-5-7-6-4-2;1-2/h1-3,6-7,12,14H,4-5,8-10H2;7,9-11H,4-6,8,14H2,1-3H3;3-6H2,1-2H3;1-2H3/b;9-7+,12-10+,13-11+;;. The van der Waals surface area contributed by atoms with Crippen molar-refractivity contribution >= 4 is 5.97 Å². The number of ether oxygens (including phenoxy) is 2. The van der Waals surface area contributed by atoms with Crippen molar-refractivity contribution in [1.82, 2.24) is 5.32 Å². The molecule has 5 heteroatoms. The Balaban J connectivity index is 0. The zero-order valence-electron chi connectivity index (χ0n) is 26.3. The Bertz CT molecular complexity index is 747. The average Bonchev–Trinajstić information content (AvgIpc) is 2.98. The Kier molecular flexibility index (Phi) is 30.0. The number of hydrogen-bond donors (Lipinski definition) is 2. The first kappa shape index (κ1) is 38.8. The fourth-order valence-corrected chi connectivity index (χ4v) is 3.43. The van der Waals surface area contributed by atoms with Crippen LogP contribution in [0.2, 0.25) is 0 Å². The Labute approximate surface area is 241 Å². The van der Waals surface area contributed by atoms with Crippen LogP contribution < -0.4 is 11.1 Å². The monoisotopic (exact) mass is 544 g/mol. The SMILES string of the molecule is CC.CCC/C=C/C(N)=C\C=C(/C)CCC.CCCOCCC.O=C(OCc1ccccc1)C1CCCCN1. The maximum atomic E-state index is 11.7. The number of nitrogens with one attached hydrogen (secondary N) is 1. The largest absolute Gasteiger partial charge is 0.460 e. The van der Waals surface area contributed by atoms with Gasteiger partial charge in [0.05, 0.1) is 0 Å². The predicted molar refractivity (Wildman–Crippen MR) is 170 cm³/mol. The molecule has 3 N–H and O–H groups in total. The molecule has 0 aromatic heterocycles. The Morgan fingerprint density at radius 1 is 0.974 bits per heavy atom. The Morgan fingerprint density at radius 3 is 2.18 bits per heavy atom. The molecule has 2 rings (SSSR count). The van der Waals surface area contributed by atoms with E-state index in [1.54, 1.807) is 0 Å². The van der Waals surface area contributed by atoms with Crippen molar-refractivity contribution in [3.05, 3.63) is 71.5 Å². The lowest BCUT2D eigenvalue weighted by molar-refractivity contribution is -0.148. The second-order valence-electron chi connectivity index (χ2n) is 9.33. The molecule has 224 valence electrons. The summed E-state index contributed by atoms with van der Waals surface area (Å²) in [5.41, 5.74) is 9.05. The highest BCUT2D eigenvalue weighted by molar-refractivity contribution is 5.75. The third-order valence-electron chi connectivity index (χ3n) is 5.49. The van der Waals surface area contributed by atoms with Gasteiger partial charge < -0.3 is 20.5 Å². The van der Waals surface area contributed by atoms with Gasteiger partial charge in [0.15, 0.2) is 0 Å². The van der Waals surface area contributed by atoms with Crippen molar-refractivity contribution < 1.29 is 14.3 Å². The van der Waals surface area contributed by atoms with Gasteiger partial charge in [0.2, 0.25) is 0 Å². The zero-order chi connectivity index (χ0) is 29.6. The van der Waals surface area contributed by atoms with Gasteiger partial charge in [0, 0.05) is 18.9 Å². The second kappa shape index (κ2) is 30.2.